The van der Waals surface area contributed by atoms with E-state index in [1.54, 1.807) is 7.11 Å². The Morgan fingerprint density at radius 2 is 2.12 bits per heavy atom. The van der Waals surface area contributed by atoms with Gasteiger partial charge in [-0.2, -0.15) is 0 Å². The van der Waals surface area contributed by atoms with E-state index in [1.807, 2.05) is 29.6 Å². The number of methoxy groups -OCH3 is 1. The number of nitro benzene ring substituents is 1. The Morgan fingerprint density at radius 1 is 1.27 bits per heavy atom. The molecule has 33 heavy (non-hydrogen) atoms. The van der Waals surface area contributed by atoms with Crippen LogP contribution in [0.25, 0.3) is 21.7 Å². The summed E-state index contributed by atoms with van der Waals surface area (Å²) in [4.78, 5) is 39.0. The number of hydrogen-bond donors (Lipinski definition) is 0. The van der Waals surface area contributed by atoms with Crippen molar-refractivity contribution in [1.82, 2.24) is 9.55 Å². The average Bonchev–Trinajstić information content (AvgIpc) is 3.41. The molecule has 4 aromatic rings. The summed E-state index contributed by atoms with van der Waals surface area (Å²) in [5.74, 6) is -0.313. The highest BCUT2D eigenvalue weighted by Crippen LogP contribution is 2.27. The summed E-state index contributed by atoms with van der Waals surface area (Å²) in [6.07, 6.45) is 0.440. The average molecular weight is 469 g/mol. The van der Waals surface area contributed by atoms with Crippen molar-refractivity contribution in [2.75, 3.05) is 7.11 Å². The highest BCUT2D eigenvalue weighted by molar-refractivity contribution is 7.13. The topological polar surface area (TPSA) is 127 Å². The molecule has 170 valence electrons. The molecule has 0 saturated carbocycles. The smallest absolute Gasteiger partial charge is 0.419 e. The minimum Gasteiger partial charge on any atom is -0.497 e. The van der Waals surface area contributed by atoms with Gasteiger partial charge in [0, 0.05) is 30.0 Å². The van der Waals surface area contributed by atoms with Crippen molar-refractivity contribution in [2.24, 2.45) is 0 Å². The summed E-state index contributed by atoms with van der Waals surface area (Å²) in [5, 5.41) is 13.5. The van der Waals surface area contributed by atoms with E-state index in [1.165, 1.54) is 34.1 Å². The fraction of sp³-hybridized carbons (Fsp3) is 0.227. The number of aromatic nitrogens is 2. The van der Waals surface area contributed by atoms with Gasteiger partial charge in [0.05, 0.1) is 29.3 Å². The van der Waals surface area contributed by atoms with E-state index in [0.29, 0.717) is 17.6 Å². The molecule has 0 atom stereocenters. The van der Waals surface area contributed by atoms with Crippen LogP contribution in [-0.4, -0.2) is 27.6 Å². The third-order valence-corrected chi connectivity index (χ3v) is 5.81. The monoisotopic (exact) mass is 469 g/mol. The molecule has 0 spiro atoms. The van der Waals surface area contributed by atoms with Gasteiger partial charge in [0.1, 0.15) is 17.4 Å². The van der Waals surface area contributed by atoms with Crippen molar-refractivity contribution >= 4 is 34.1 Å². The standard InChI is InChI=1S/C22H19N3O7S/c1-30-17-5-2-4-14(10-17)21-23-15(13-33-21)12-31-20(26)6-3-9-24-18-8-7-16(25(28)29)11-19(18)32-22(24)27/h2,4-5,7-8,10-11,13H,3,6,9,12H2,1H3. The van der Waals surface area contributed by atoms with E-state index in [4.69, 9.17) is 13.9 Å². The lowest BCUT2D eigenvalue weighted by atomic mass is 10.2. The molecule has 2 aromatic carbocycles. The van der Waals surface area contributed by atoms with Crippen molar-refractivity contribution in [3.8, 4) is 16.3 Å². The van der Waals surface area contributed by atoms with Crippen LogP contribution in [0.4, 0.5) is 5.69 Å². The summed E-state index contributed by atoms with van der Waals surface area (Å²) < 4.78 is 16.9. The van der Waals surface area contributed by atoms with Crippen molar-refractivity contribution in [3.05, 3.63) is 74.2 Å². The van der Waals surface area contributed by atoms with E-state index >= 15 is 0 Å². The number of carbonyl (C=O) groups excluding carboxylic acids is 1. The van der Waals surface area contributed by atoms with Crippen LogP contribution < -0.4 is 10.5 Å². The van der Waals surface area contributed by atoms with Crippen LogP contribution >= 0.6 is 11.3 Å². The minimum absolute atomic E-state index is 0.0531. The first-order valence-electron chi connectivity index (χ1n) is 9.97. The van der Waals surface area contributed by atoms with Gasteiger partial charge in [0.25, 0.3) is 5.69 Å². The number of nitrogens with zero attached hydrogens (tertiary/aromatic N) is 3. The summed E-state index contributed by atoms with van der Waals surface area (Å²) in [7, 11) is 1.60. The quantitative estimate of drug-likeness (QED) is 0.203. The Labute approximate surface area is 191 Å². The Balaban J connectivity index is 1.30. The lowest BCUT2D eigenvalue weighted by Crippen LogP contribution is -2.15. The number of ether oxygens (including phenoxy) is 2. The van der Waals surface area contributed by atoms with Gasteiger partial charge >= 0.3 is 11.7 Å². The third kappa shape index (κ3) is 5.09. The van der Waals surface area contributed by atoms with Crippen LogP contribution in [0.5, 0.6) is 5.75 Å². The summed E-state index contributed by atoms with van der Waals surface area (Å²) in [6.45, 7) is 0.271. The van der Waals surface area contributed by atoms with Gasteiger partial charge in [-0.3, -0.25) is 19.5 Å². The molecule has 11 heteroatoms. The van der Waals surface area contributed by atoms with Crippen LogP contribution in [0, 0.1) is 10.1 Å². The van der Waals surface area contributed by atoms with E-state index in [0.717, 1.165) is 16.3 Å². The van der Waals surface area contributed by atoms with Gasteiger partial charge in [0.15, 0.2) is 5.58 Å². The number of nitro groups is 1. The molecule has 0 N–H and O–H groups in total. The second-order valence-electron chi connectivity index (χ2n) is 7.07. The predicted octanol–water partition coefficient (Wildman–Crippen LogP) is 4.16. The molecule has 0 bridgehead atoms. The SMILES string of the molecule is COc1cccc(-c2nc(COC(=O)CCCn3c(=O)oc4cc([N+](=O)[O-])ccc43)cs2)c1. The molecule has 0 amide bonds. The lowest BCUT2D eigenvalue weighted by Gasteiger charge is -2.04. The number of rotatable bonds is 9. The number of esters is 1. The molecule has 2 heterocycles. The van der Waals surface area contributed by atoms with Crippen LogP contribution in [0.15, 0.2) is 57.1 Å². The minimum atomic E-state index is -0.633. The van der Waals surface area contributed by atoms with Gasteiger partial charge in [0.2, 0.25) is 0 Å². The Bertz CT molecular complexity index is 1370. The summed E-state index contributed by atoms with van der Waals surface area (Å²) >= 11 is 1.45. The number of fused-ring (bicyclic) bond motifs is 1. The van der Waals surface area contributed by atoms with E-state index in [2.05, 4.69) is 4.98 Å². The van der Waals surface area contributed by atoms with E-state index in [9.17, 15) is 19.7 Å². The molecule has 0 saturated heterocycles. The third-order valence-electron chi connectivity index (χ3n) is 4.87. The first kappa shape index (κ1) is 22.2. The van der Waals surface area contributed by atoms with Crippen molar-refractivity contribution in [3.63, 3.8) is 0 Å². The zero-order chi connectivity index (χ0) is 23.4. The van der Waals surface area contributed by atoms with Crippen molar-refractivity contribution in [2.45, 2.75) is 26.0 Å². The fourth-order valence-corrected chi connectivity index (χ4v) is 4.05. The zero-order valence-electron chi connectivity index (χ0n) is 17.6. The highest BCUT2D eigenvalue weighted by Gasteiger charge is 2.15. The number of oxazole rings is 1. The Hall–Kier alpha value is -3.99. The van der Waals surface area contributed by atoms with Crippen LogP contribution in [-0.2, 0) is 22.7 Å². The van der Waals surface area contributed by atoms with Gasteiger partial charge in [-0.1, -0.05) is 12.1 Å². The number of non-ortho nitro benzene ring substituents is 1. The molecule has 2 aromatic heterocycles. The number of hydrogen-bond acceptors (Lipinski definition) is 9. The molecule has 0 aliphatic heterocycles. The normalized spacial score (nSPS) is 10.9. The van der Waals surface area contributed by atoms with E-state index in [-0.39, 0.29) is 30.8 Å². The largest absolute Gasteiger partial charge is 0.497 e. The predicted molar refractivity (Wildman–Crippen MR) is 120 cm³/mol. The second kappa shape index (κ2) is 9.65. The van der Waals surface area contributed by atoms with Crippen LogP contribution in [0.3, 0.4) is 0 Å². The van der Waals surface area contributed by atoms with Crippen molar-refractivity contribution in [1.29, 1.82) is 0 Å². The van der Waals surface area contributed by atoms with E-state index < -0.39 is 16.6 Å². The number of aryl methyl sites for hydroxylation is 1. The molecule has 0 radical (unpaired) electrons. The summed E-state index contributed by atoms with van der Waals surface area (Å²) in [5.41, 5.74) is 1.96. The first-order valence-corrected chi connectivity index (χ1v) is 10.8. The number of thiazole rings is 1. The molecular formula is C22H19N3O7S. The molecule has 0 aliphatic rings. The van der Waals surface area contributed by atoms with Crippen LogP contribution in [0.2, 0.25) is 0 Å². The lowest BCUT2D eigenvalue weighted by molar-refractivity contribution is -0.384. The van der Waals surface area contributed by atoms with Gasteiger partial charge in [-0.25, -0.2) is 9.78 Å². The van der Waals surface area contributed by atoms with Gasteiger partial charge in [-0.15, -0.1) is 11.3 Å². The molecule has 0 unspecified atom stereocenters. The maximum atomic E-state index is 12.1. The second-order valence-corrected chi connectivity index (χ2v) is 7.93. The van der Waals surface area contributed by atoms with Crippen LogP contribution in [0.1, 0.15) is 18.5 Å². The molecular weight excluding hydrogens is 450 g/mol. The molecule has 0 aliphatic carbocycles. The first-order chi connectivity index (χ1) is 15.9. The maximum Gasteiger partial charge on any atom is 0.419 e. The van der Waals surface area contributed by atoms with Gasteiger partial charge < -0.3 is 13.9 Å². The highest BCUT2D eigenvalue weighted by atomic mass is 32.1. The summed E-state index contributed by atoms with van der Waals surface area (Å²) in [6, 6.07) is 11.5. The molecule has 4 rings (SSSR count). The molecule has 10 nitrogen and oxygen atoms in total. The zero-order valence-corrected chi connectivity index (χ0v) is 18.4. The number of carbonyl (C=O) groups is 1. The fourth-order valence-electron chi connectivity index (χ4n) is 3.25. The van der Waals surface area contributed by atoms with Gasteiger partial charge in [-0.05, 0) is 24.6 Å². The maximum absolute atomic E-state index is 12.1. The van der Waals surface area contributed by atoms with Crippen molar-refractivity contribution < 1.29 is 23.6 Å². The number of benzene rings is 2. The molecule has 0 fully saturated rings. The Kier molecular flexibility index (Phi) is 6.50. The Morgan fingerprint density at radius 3 is 2.91 bits per heavy atom.